The maximum absolute atomic E-state index is 10.1. The minimum Gasteiger partial charge on any atom is -0.493 e. The predicted octanol–water partition coefficient (Wildman–Crippen LogP) is 3.33. The number of hydrogen-bond donors (Lipinski definition) is 1. The lowest BCUT2D eigenvalue weighted by atomic mass is 9.94. The highest BCUT2D eigenvalue weighted by molar-refractivity contribution is 9.10. The monoisotopic (exact) mass is 298 g/mol. The van der Waals surface area contributed by atoms with Crippen LogP contribution in [0.2, 0.25) is 0 Å². The fraction of sp³-hybridized carbons (Fsp3) is 0.571. The van der Waals surface area contributed by atoms with Crippen molar-refractivity contribution in [1.29, 1.82) is 0 Å². The van der Waals surface area contributed by atoms with Crippen LogP contribution in [0.4, 0.5) is 0 Å². The van der Waals surface area contributed by atoms with E-state index in [1.807, 2.05) is 0 Å². The summed E-state index contributed by atoms with van der Waals surface area (Å²) in [7, 11) is 0. The van der Waals surface area contributed by atoms with Gasteiger partial charge in [0.25, 0.3) is 0 Å². The van der Waals surface area contributed by atoms with Gasteiger partial charge in [0.1, 0.15) is 5.75 Å². The Bertz CT molecular complexity index is 403. The zero-order chi connectivity index (χ0) is 12.4. The zero-order valence-electron chi connectivity index (χ0n) is 10.4. The van der Waals surface area contributed by atoms with Crippen molar-refractivity contribution in [3.63, 3.8) is 0 Å². The number of fused-ring (bicyclic) bond motifs is 1. The Labute approximate surface area is 111 Å². The zero-order valence-corrected chi connectivity index (χ0v) is 12.0. The molecule has 1 aliphatic heterocycles. The molecule has 1 N–H and O–H groups in total. The van der Waals surface area contributed by atoms with Crippen molar-refractivity contribution in [3.8, 4) is 5.75 Å². The first-order valence-electron chi connectivity index (χ1n) is 6.24. The van der Waals surface area contributed by atoms with Crippen molar-refractivity contribution in [3.05, 3.63) is 27.7 Å². The molecule has 2 rings (SSSR count). The van der Waals surface area contributed by atoms with Crippen molar-refractivity contribution < 1.29 is 9.84 Å². The highest BCUT2D eigenvalue weighted by Crippen LogP contribution is 2.34. The van der Waals surface area contributed by atoms with Crippen LogP contribution in [0.15, 0.2) is 16.6 Å². The molecule has 1 aromatic carbocycles. The van der Waals surface area contributed by atoms with E-state index < -0.39 is 0 Å². The second-order valence-electron chi connectivity index (χ2n) is 4.81. The summed E-state index contributed by atoms with van der Waals surface area (Å²) in [4.78, 5) is 0. The standard InChI is InChI=1S/C14H19BrO2/c1-3-9(2)13(16)8-11-7-12(15)6-10-4-5-17-14(10)11/h6-7,9,13,16H,3-5,8H2,1-2H3. The van der Waals surface area contributed by atoms with Crippen molar-refractivity contribution >= 4 is 15.9 Å². The number of ether oxygens (including phenoxy) is 1. The molecule has 0 aromatic heterocycles. The lowest BCUT2D eigenvalue weighted by Crippen LogP contribution is -2.20. The molecule has 0 aliphatic carbocycles. The third kappa shape index (κ3) is 2.83. The molecule has 2 atom stereocenters. The highest BCUT2D eigenvalue weighted by Gasteiger charge is 2.21. The molecule has 0 radical (unpaired) electrons. The molecule has 1 heterocycles. The number of aliphatic hydroxyl groups is 1. The van der Waals surface area contributed by atoms with Crippen molar-refractivity contribution in [2.75, 3.05) is 6.61 Å². The van der Waals surface area contributed by atoms with Crippen molar-refractivity contribution in [2.45, 2.75) is 39.2 Å². The van der Waals surface area contributed by atoms with Gasteiger partial charge in [-0.25, -0.2) is 0 Å². The van der Waals surface area contributed by atoms with Crippen LogP contribution >= 0.6 is 15.9 Å². The second-order valence-corrected chi connectivity index (χ2v) is 5.72. The number of halogens is 1. The first-order chi connectivity index (χ1) is 8.11. The van der Waals surface area contributed by atoms with Gasteiger partial charge in [-0.2, -0.15) is 0 Å². The number of rotatable bonds is 4. The molecule has 17 heavy (non-hydrogen) atoms. The molecule has 2 nitrogen and oxygen atoms in total. The van der Waals surface area contributed by atoms with E-state index in [9.17, 15) is 5.11 Å². The molecule has 1 aromatic rings. The van der Waals surface area contributed by atoms with Gasteiger partial charge in [0.15, 0.2) is 0 Å². The summed E-state index contributed by atoms with van der Waals surface area (Å²) in [6, 6.07) is 4.18. The molecule has 0 bridgehead atoms. The largest absolute Gasteiger partial charge is 0.493 e. The first-order valence-corrected chi connectivity index (χ1v) is 7.03. The van der Waals surface area contributed by atoms with E-state index >= 15 is 0 Å². The number of hydrogen-bond acceptors (Lipinski definition) is 2. The van der Waals surface area contributed by atoms with Crippen LogP contribution in [-0.4, -0.2) is 17.8 Å². The van der Waals surface area contributed by atoms with Gasteiger partial charge in [0.05, 0.1) is 12.7 Å². The summed E-state index contributed by atoms with van der Waals surface area (Å²) >= 11 is 3.52. The predicted molar refractivity (Wildman–Crippen MR) is 72.5 cm³/mol. The van der Waals surface area contributed by atoms with E-state index in [0.717, 1.165) is 35.2 Å². The maximum atomic E-state index is 10.1. The van der Waals surface area contributed by atoms with Gasteiger partial charge >= 0.3 is 0 Å². The van der Waals surface area contributed by atoms with E-state index in [-0.39, 0.29) is 6.10 Å². The second kappa shape index (κ2) is 5.40. The van der Waals surface area contributed by atoms with Gasteiger partial charge in [-0.3, -0.25) is 0 Å². The molecule has 0 fully saturated rings. The van der Waals surface area contributed by atoms with E-state index in [2.05, 4.69) is 41.9 Å². The van der Waals surface area contributed by atoms with Crippen LogP contribution in [-0.2, 0) is 12.8 Å². The smallest absolute Gasteiger partial charge is 0.125 e. The van der Waals surface area contributed by atoms with Gasteiger partial charge < -0.3 is 9.84 Å². The van der Waals surface area contributed by atoms with E-state index in [4.69, 9.17) is 4.74 Å². The minimum absolute atomic E-state index is 0.289. The summed E-state index contributed by atoms with van der Waals surface area (Å²) in [6.45, 7) is 4.96. The average Bonchev–Trinajstić information content (AvgIpc) is 2.75. The molecule has 94 valence electrons. The Morgan fingerprint density at radius 3 is 2.94 bits per heavy atom. The highest BCUT2D eigenvalue weighted by atomic mass is 79.9. The third-order valence-corrected chi connectivity index (χ3v) is 4.01. The third-order valence-electron chi connectivity index (χ3n) is 3.56. The maximum Gasteiger partial charge on any atom is 0.125 e. The molecular formula is C14H19BrO2. The van der Waals surface area contributed by atoms with Crippen molar-refractivity contribution in [1.82, 2.24) is 0 Å². The summed E-state index contributed by atoms with van der Waals surface area (Å²) in [6.07, 6.45) is 2.36. The van der Waals surface area contributed by atoms with Crippen molar-refractivity contribution in [2.24, 2.45) is 5.92 Å². The molecule has 0 spiro atoms. The molecule has 3 heteroatoms. The fourth-order valence-corrected chi connectivity index (χ4v) is 2.75. The SMILES string of the molecule is CCC(C)C(O)Cc1cc(Br)cc2c1OCC2. The first kappa shape index (κ1) is 12.9. The molecule has 1 aliphatic rings. The van der Waals surface area contributed by atoms with Gasteiger partial charge in [-0.1, -0.05) is 36.2 Å². The van der Waals surface area contributed by atoms with Crippen LogP contribution < -0.4 is 4.74 Å². The van der Waals surface area contributed by atoms with Gasteiger partial charge in [0, 0.05) is 17.3 Å². The molecule has 0 amide bonds. The Morgan fingerprint density at radius 2 is 2.24 bits per heavy atom. The normalized spacial score (nSPS) is 17.4. The van der Waals surface area contributed by atoms with Crippen LogP contribution in [0.25, 0.3) is 0 Å². The number of aliphatic hydroxyl groups excluding tert-OH is 1. The molecule has 0 saturated heterocycles. The van der Waals surface area contributed by atoms with E-state index in [1.54, 1.807) is 0 Å². The molecular weight excluding hydrogens is 280 g/mol. The van der Waals surface area contributed by atoms with Gasteiger partial charge in [-0.05, 0) is 29.2 Å². The quantitative estimate of drug-likeness (QED) is 0.924. The van der Waals surface area contributed by atoms with Gasteiger partial charge in [0.2, 0.25) is 0 Å². The Morgan fingerprint density at radius 1 is 1.47 bits per heavy atom. The lowest BCUT2D eigenvalue weighted by molar-refractivity contribution is 0.114. The summed E-state index contributed by atoms with van der Waals surface area (Å²) in [5.74, 6) is 1.32. The van der Waals surface area contributed by atoms with Crippen LogP contribution in [0, 0.1) is 5.92 Å². The number of benzene rings is 1. The summed E-state index contributed by atoms with van der Waals surface area (Å²) in [5.41, 5.74) is 2.38. The Balaban J connectivity index is 2.21. The minimum atomic E-state index is -0.289. The average molecular weight is 299 g/mol. The van der Waals surface area contributed by atoms with Gasteiger partial charge in [-0.15, -0.1) is 0 Å². The van der Waals surface area contributed by atoms with Crippen LogP contribution in [0.5, 0.6) is 5.75 Å². The fourth-order valence-electron chi connectivity index (χ4n) is 2.20. The molecule has 2 unspecified atom stereocenters. The van der Waals surface area contributed by atoms with E-state index in [1.165, 1.54) is 5.56 Å². The summed E-state index contributed by atoms with van der Waals surface area (Å²) < 4.78 is 6.74. The summed E-state index contributed by atoms with van der Waals surface area (Å²) in [5, 5.41) is 10.1. The van der Waals surface area contributed by atoms with Crippen LogP contribution in [0.1, 0.15) is 31.4 Å². The Kier molecular flexibility index (Phi) is 4.10. The van der Waals surface area contributed by atoms with E-state index in [0.29, 0.717) is 12.3 Å². The Hall–Kier alpha value is -0.540. The molecule has 0 saturated carbocycles. The lowest BCUT2D eigenvalue weighted by Gasteiger charge is -2.18. The topological polar surface area (TPSA) is 29.5 Å². The van der Waals surface area contributed by atoms with Crippen LogP contribution in [0.3, 0.4) is 0 Å².